The van der Waals surface area contributed by atoms with E-state index in [0.29, 0.717) is 5.76 Å². The van der Waals surface area contributed by atoms with Gasteiger partial charge in [0.2, 0.25) is 0 Å². The van der Waals surface area contributed by atoms with Crippen LogP contribution in [0.3, 0.4) is 0 Å². The van der Waals surface area contributed by atoms with Gasteiger partial charge in [0.05, 0.1) is 12.8 Å². The Bertz CT molecular complexity index is 622. The predicted octanol–water partition coefficient (Wildman–Crippen LogP) is 2.75. The second-order valence-corrected chi connectivity index (χ2v) is 5.22. The molecule has 0 aliphatic heterocycles. The molecule has 0 atom stereocenters. The third kappa shape index (κ3) is 4.69. The number of hydrogen-bond acceptors (Lipinski definition) is 4. The maximum absolute atomic E-state index is 11.6. The minimum absolute atomic E-state index is 0.163. The van der Waals surface area contributed by atoms with Crippen LogP contribution in [-0.4, -0.2) is 18.7 Å². The lowest BCUT2D eigenvalue weighted by atomic mass is 10.2. The summed E-state index contributed by atoms with van der Waals surface area (Å²) >= 11 is 2.06. The summed E-state index contributed by atoms with van der Waals surface area (Å²) in [5, 5.41) is 6.85. The molecule has 1 aromatic carbocycles. The summed E-state index contributed by atoms with van der Waals surface area (Å²) in [6.07, 6.45) is 1.47. The van der Waals surface area contributed by atoms with Gasteiger partial charge in [-0.2, -0.15) is 5.10 Å². The highest BCUT2D eigenvalue weighted by molar-refractivity contribution is 14.1. The minimum Gasteiger partial charge on any atom is -0.449 e. The Labute approximate surface area is 130 Å². The first-order chi connectivity index (χ1) is 9.63. The van der Waals surface area contributed by atoms with Crippen molar-refractivity contribution in [2.45, 2.75) is 6.92 Å². The lowest BCUT2D eigenvalue weighted by Crippen LogP contribution is -2.25. The molecule has 2 rings (SSSR count). The van der Waals surface area contributed by atoms with Crippen LogP contribution in [0.1, 0.15) is 11.3 Å². The lowest BCUT2D eigenvalue weighted by Gasteiger charge is -2.05. The predicted molar refractivity (Wildman–Crippen MR) is 86.8 cm³/mol. The number of nitrogens with zero attached hydrogens (tertiary/aromatic N) is 1. The SMILES string of the molecule is Cc1cccc(NCC(=O)N/N=C\c2ccc(I)o2)c1. The molecule has 2 N–H and O–H groups in total. The van der Waals surface area contributed by atoms with Crippen molar-refractivity contribution in [2.24, 2.45) is 5.10 Å². The molecule has 2 aromatic rings. The third-order valence-electron chi connectivity index (χ3n) is 2.45. The number of hydrogen-bond donors (Lipinski definition) is 2. The molecule has 0 spiro atoms. The Morgan fingerprint density at radius 1 is 1.40 bits per heavy atom. The number of carbonyl (C=O) groups excluding carboxylic acids is 1. The second-order valence-electron chi connectivity index (χ2n) is 4.16. The molecule has 0 bridgehead atoms. The summed E-state index contributed by atoms with van der Waals surface area (Å²) < 4.78 is 6.05. The fourth-order valence-electron chi connectivity index (χ4n) is 1.54. The summed E-state index contributed by atoms with van der Waals surface area (Å²) in [5.41, 5.74) is 4.48. The highest BCUT2D eigenvalue weighted by atomic mass is 127. The number of furan rings is 1. The van der Waals surface area contributed by atoms with E-state index in [1.54, 1.807) is 6.07 Å². The van der Waals surface area contributed by atoms with Crippen LogP contribution in [0.15, 0.2) is 45.9 Å². The summed E-state index contributed by atoms with van der Waals surface area (Å²) in [5.74, 6) is 0.380. The molecule has 5 nitrogen and oxygen atoms in total. The number of rotatable bonds is 5. The first-order valence-electron chi connectivity index (χ1n) is 6.01. The van der Waals surface area contributed by atoms with Crippen LogP contribution in [0, 0.1) is 10.7 Å². The van der Waals surface area contributed by atoms with Crippen molar-refractivity contribution < 1.29 is 9.21 Å². The summed E-state index contributed by atoms with van der Waals surface area (Å²) in [6.45, 7) is 2.16. The Morgan fingerprint density at radius 2 is 2.25 bits per heavy atom. The zero-order valence-corrected chi connectivity index (χ0v) is 13.0. The third-order valence-corrected chi connectivity index (χ3v) is 3.03. The number of anilines is 1. The fraction of sp³-hybridized carbons (Fsp3) is 0.143. The van der Waals surface area contributed by atoms with E-state index in [2.05, 4.69) is 38.4 Å². The molecule has 0 radical (unpaired) electrons. The Morgan fingerprint density at radius 3 is 2.95 bits per heavy atom. The maximum Gasteiger partial charge on any atom is 0.259 e. The van der Waals surface area contributed by atoms with Gasteiger partial charge in [-0.3, -0.25) is 4.79 Å². The van der Waals surface area contributed by atoms with Crippen molar-refractivity contribution in [3.8, 4) is 0 Å². The van der Waals surface area contributed by atoms with Gasteiger partial charge in [0, 0.05) is 5.69 Å². The van der Waals surface area contributed by atoms with Gasteiger partial charge in [0.15, 0.2) is 3.77 Å². The highest BCUT2D eigenvalue weighted by Crippen LogP contribution is 2.09. The zero-order valence-electron chi connectivity index (χ0n) is 10.9. The normalized spacial score (nSPS) is 10.7. The first-order valence-corrected chi connectivity index (χ1v) is 7.09. The van der Waals surface area contributed by atoms with Crippen LogP contribution in [0.25, 0.3) is 0 Å². The quantitative estimate of drug-likeness (QED) is 0.474. The van der Waals surface area contributed by atoms with Crippen molar-refractivity contribution in [1.29, 1.82) is 0 Å². The topological polar surface area (TPSA) is 66.6 Å². The van der Waals surface area contributed by atoms with Crippen LogP contribution >= 0.6 is 22.6 Å². The monoisotopic (exact) mass is 383 g/mol. The average molecular weight is 383 g/mol. The Hall–Kier alpha value is -1.83. The molecule has 1 heterocycles. The van der Waals surface area contributed by atoms with Gasteiger partial charge in [-0.1, -0.05) is 12.1 Å². The van der Waals surface area contributed by atoms with Crippen molar-refractivity contribution in [2.75, 3.05) is 11.9 Å². The van der Waals surface area contributed by atoms with Crippen LogP contribution in [-0.2, 0) is 4.79 Å². The number of amides is 1. The number of carbonyl (C=O) groups is 1. The summed E-state index contributed by atoms with van der Waals surface area (Å²) in [7, 11) is 0. The molecule has 0 unspecified atom stereocenters. The van der Waals surface area contributed by atoms with Crippen molar-refractivity contribution in [1.82, 2.24) is 5.43 Å². The molecule has 0 saturated carbocycles. The largest absolute Gasteiger partial charge is 0.449 e. The Balaban J connectivity index is 1.77. The number of benzene rings is 1. The Kier molecular flexibility index (Phi) is 5.16. The van der Waals surface area contributed by atoms with Gasteiger partial charge >= 0.3 is 0 Å². The van der Waals surface area contributed by atoms with Gasteiger partial charge in [-0.15, -0.1) is 0 Å². The molecule has 20 heavy (non-hydrogen) atoms. The van der Waals surface area contributed by atoms with Crippen LogP contribution in [0.5, 0.6) is 0 Å². The van der Waals surface area contributed by atoms with Gasteiger partial charge < -0.3 is 9.73 Å². The van der Waals surface area contributed by atoms with E-state index >= 15 is 0 Å². The number of hydrazone groups is 1. The van der Waals surface area contributed by atoms with E-state index < -0.39 is 0 Å². The molecule has 1 aromatic heterocycles. The van der Waals surface area contributed by atoms with E-state index in [-0.39, 0.29) is 12.5 Å². The van der Waals surface area contributed by atoms with Gasteiger partial charge in [-0.25, -0.2) is 5.43 Å². The van der Waals surface area contributed by atoms with Gasteiger partial charge in [0.25, 0.3) is 5.91 Å². The average Bonchev–Trinajstić information content (AvgIpc) is 2.82. The number of nitrogens with one attached hydrogen (secondary N) is 2. The van der Waals surface area contributed by atoms with E-state index in [1.165, 1.54) is 6.21 Å². The fourth-order valence-corrected chi connectivity index (χ4v) is 1.98. The molecule has 104 valence electrons. The van der Waals surface area contributed by atoms with Crippen molar-refractivity contribution in [3.63, 3.8) is 0 Å². The molecule has 1 amide bonds. The van der Waals surface area contributed by atoms with Gasteiger partial charge in [-0.05, 0) is 59.3 Å². The molecule has 6 heteroatoms. The van der Waals surface area contributed by atoms with Crippen LogP contribution in [0.2, 0.25) is 0 Å². The molecule has 0 aliphatic rings. The number of aryl methyl sites for hydroxylation is 1. The van der Waals surface area contributed by atoms with E-state index in [0.717, 1.165) is 15.0 Å². The minimum atomic E-state index is -0.219. The van der Waals surface area contributed by atoms with E-state index in [9.17, 15) is 4.79 Å². The smallest absolute Gasteiger partial charge is 0.259 e. The molecular weight excluding hydrogens is 369 g/mol. The summed E-state index contributed by atoms with van der Waals surface area (Å²) in [6, 6.07) is 11.4. The summed E-state index contributed by atoms with van der Waals surface area (Å²) in [4.78, 5) is 11.6. The molecule has 0 aliphatic carbocycles. The molecular formula is C14H14IN3O2. The molecule has 0 fully saturated rings. The lowest BCUT2D eigenvalue weighted by molar-refractivity contribution is -0.119. The van der Waals surface area contributed by atoms with E-state index in [1.807, 2.05) is 37.3 Å². The van der Waals surface area contributed by atoms with Crippen molar-refractivity contribution in [3.05, 3.63) is 51.5 Å². The molecule has 0 saturated heterocycles. The van der Waals surface area contributed by atoms with Crippen LogP contribution in [0.4, 0.5) is 5.69 Å². The first kappa shape index (κ1) is 14.6. The second kappa shape index (κ2) is 7.09. The highest BCUT2D eigenvalue weighted by Gasteiger charge is 2.00. The number of halogens is 1. The standard InChI is InChI=1S/C14H14IN3O2/c1-10-3-2-4-11(7-10)16-9-14(19)18-17-8-12-5-6-13(15)20-12/h2-8,16H,9H2,1H3,(H,18,19)/b17-8-. The van der Waals surface area contributed by atoms with Gasteiger partial charge in [0.1, 0.15) is 5.76 Å². The van der Waals surface area contributed by atoms with Crippen LogP contribution < -0.4 is 10.7 Å². The van der Waals surface area contributed by atoms with Crippen molar-refractivity contribution >= 4 is 40.4 Å². The maximum atomic E-state index is 11.6. The zero-order chi connectivity index (χ0) is 14.4. The van der Waals surface area contributed by atoms with E-state index in [4.69, 9.17) is 4.42 Å².